The van der Waals surface area contributed by atoms with Crippen molar-refractivity contribution in [3.8, 4) is 0 Å². The number of aliphatic imine (C=N–C) groups is 1. The maximum atomic E-state index is 12.8. The van der Waals surface area contributed by atoms with Crippen molar-refractivity contribution in [2.75, 3.05) is 6.54 Å². The SMILES string of the molecule is CC1=CC(CNC(=O)NC(C)(C)C)(C2CC[C@H]3[C@@H]4CCC5CC(=O)CC[C@]5(C)[C@H]4CC[C@]23C)N=CC=C1. The van der Waals surface area contributed by atoms with Gasteiger partial charge < -0.3 is 10.6 Å². The summed E-state index contributed by atoms with van der Waals surface area (Å²) in [5.41, 5.74) is 1.05. The molecule has 5 nitrogen and oxygen atoms in total. The van der Waals surface area contributed by atoms with Crippen LogP contribution in [0, 0.1) is 40.4 Å². The Bertz CT molecular complexity index is 1020. The zero-order valence-corrected chi connectivity index (χ0v) is 24.0. The number of allylic oxidation sites excluding steroid dienone is 3. The number of urea groups is 1. The van der Waals surface area contributed by atoms with E-state index in [4.69, 9.17) is 4.99 Å². The Morgan fingerprint density at radius 1 is 1.05 bits per heavy atom. The quantitative estimate of drug-likeness (QED) is 0.450. The molecule has 0 spiro atoms. The highest BCUT2D eigenvalue weighted by Crippen LogP contribution is 2.68. The van der Waals surface area contributed by atoms with Crippen molar-refractivity contribution in [3.05, 3.63) is 23.8 Å². The summed E-state index contributed by atoms with van der Waals surface area (Å²) in [6.07, 6.45) is 18.6. The van der Waals surface area contributed by atoms with E-state index in [1.807, 2.05) is 33.1 Å². The Morgan fingerprint density at radius 3 is 2.57 bits per heavy atom. The monoisotopic (exact) mass is 507 g/mol. The van der Waals surface area contributed by atoms with Crippen molar-refractivity contribution >= 4 is 18.0 Å². The first-order valence-corrected chi connectivity index (χ1v) is 14.9. The second-order valence-electron chi connectivity index (χ2n) is 14.6. The summed E-state index contributed by atoms with van der Waals surface area (Å²) in [7, 11) is 0. The van der Waals surface area contributed by atoms with Crippen LogP contribution in [0.15, 0.2) is 28.8 Å². The molecular weight excluding hydrogens is 458 g/mol. The third-order valence-electron chi connectivity index (χ3n) is 11.3. The largest absolute Gasteiger partial charge is 0.335 e. The second kappa shape index (κ2) is 9.38. The molecule has 0 aromatic rings. The topological polar surface area (TPSA) is 70.6 Å². The zero-order chi connectivity index (χ0) is 26.6. The van der Waals surface area contributed by atoms with E-state index < -0.39 is 5.54 Å². The molecule has 5 rings (SSSR count). The predicted octanol–water partition coefficient (Wildman–Crippen LogP) is 6.64. The maximum absolute atomic E-state index is 12.8. The van der Waals surface area contributed by atoms with Crippen LogP contribution in [0.3, 0.4) is 0 Å². The molecular formula is C32H49N3O2. The third kappa shape index (κ3) is 4.74. The number of carbonyl (C=O) groups excluding carboxylic acids is 2. The Morgan fingerprint density at radius 2 is 1.81 bits per heavy atom. The maximum Gasteiger partial charge on any atom is 0.315 e. The molecule has 5 aliphatic rings. The van der Waals surface area contributed by atoms with Gasteiger partial charge in [-0.15, -0.1) is 0 Å². The van der Waals surface area contributed by atoms with Gasteiger partial charge in [0.15, 0.2) is 0 Å². The lowest BCUT2D eigenvalue weighted by atomic mass is 9.44. The number of nitrogens with one attached hydrogen (secondary N) is 2. The van der Waals surface area contributed by atoms with Gasteiger partial charge in [-0.05, 0) is 119 Å². The minimum Gasteiger partial charge on any atom is -0.335 e. The fourth-order valence-electron chi connectivity index (χ4n) is 9.74. The average molecular weight is 508 g/mol. The van der Waals surface area contributed by atoms with Gasteiger partial charge in [0, 0.05) is 31.1 Å². The molecule has 4 fully saturated rings. The number of rotatable bonds is 3. The Balaban J connectivity index is 1.42. The Labute approximate surface area is 224 Å². The van der Waals surface area contributed by atoms with Crippen molar-refractivity contribution in [2.45, 2.75) is 110 Å². The van der Waals surface area contributed by atoms with E-state index in [0.717, 1.165) is 37.5 Å². The van der Waals surface area contributed by atoms with Crippen LogP contribution in [-0.2, 0) is 4.79 Å². The lowest BCUT2D eigenvalue weighted by Gasteiger charge is -2.61. The van der Waals surface area contributed by atoms with Crippen LogP contribution < -0.4 is 10.6 Å². The molecule has 0 bridgehead atoms. The first-order valence-electron chi connectivity index (χ1n) is 14.9. The summed E-state index contributed by atoms with van der Waals surface area (Å²) in [4.78, 5) is 30.3. The van der Waals surface area contributed by atoms with E-state index in [9.17, 15) is 9.59 Å². The van der Waals surface area contributed by atoms with E-state index in [1.165, 1.54) is 37.7 Å². The number of ketones is 1. The minimum absolute atomic E-state index is 0.119. The molecule has 2 amide bonds. The lowest BCUT2D eigenvalue weighted by molar-refractivity contribution is -0.140. The highest BCUT2D eigenvalue weighted by Gasteiger charge is 2.63. The van der Waals surface area contributed by atoms with Crippen molar-refractivity contribution in [3.63, 3.8) is 0 Å². The number of nitrogens with zero attached hydrogens (tertiary/aromatic N) is 1. The molecule has 1 aliphatic heterocycles. The van der Waals surface area contributed by atoms with Crippen LogP contribution in [0.5, 0.6) is 0 Å². The highest BCUT2D eigenvalue weighted by atomic mass is 16.2. The summed E-state index contributed by atoms with van der Waals surface area (Å²) in [5, 5.41) is 6.29. The first-order chi connectivity index (χ1) is 17.4. The summed E-state index contributed by atoms with van der Waals surface area (Å²) in [6.45, 7) is 13.8. The highest BCUT2D eigenvalue weighted by molar-refractivity contribution is 5.79. The van der Waals surface area contributed by atoms with E-state index in [1.54, 1.807) is 0 Å². The summed E-state index contributed by atoms with van der Waals surface area (Å²) in [5.74, 6) is 3.69. The molecule has 1 heterocycles. The third-order valence-corrected chi connectivity index (χ3v) is 11.3. The van der Waals surface area contributed by atoms with E-state index >= 15 is 0 Å². The number of amides is 2. The number of Topliss-reactive ketones (excluding diaryl/α,β-unsaturated/α-hetero) is 1. The van der Waals surface area contributed by atoms with Gasteiger partial charge in [0.05, 0.1) is 5.54 Å². The molecule has 0 saturated heterocycles. The molecule has 2 N–H and O–H groups in total. The number of hydrogen-bond acceptors (Lipinski definition) is 3. The van der Waals surface area contributed by atoms with Crippen LogP contribution in [0.2, 0.25) is 0 Å². The molecule has 0 aromatic heterocycles. The van der Waals surface area contributed by atoms with Crippen LogP contribution in [0.25, 0.3) is 0 Å². The fraction of sp³-hybridized carbons (Fsp3) is 0.781. The van der Waals surface area contributed by atoms with Gasteiger partial charge in [0.2, 0.25) is 0 Å². The molecule has 5 heteroatoms. The van der Waals surface area contributed by atoms with E-state index in [0.29, 0.717) is 35.5 Å². The fourth-order valence-corrected chi connectivity index (χ4v) is 9.74. The number of hydrogen-bond donors (Lipinski definition) is 2. The molecule has 8 atom stereocenters. The van der Waals surface area contributed by atoms with Gasteiger partial charge in [-0.25, -0.2) is 4.79 Å². The average Bonchev–Trinajstić information content (AvgIpc) is 3.06. The van der Waals surface area contributed by atoms with Crippen molar-refractivity contribution in [1.29, 1.82) is 0 Å². The molecule has 3 unspecified atom stereocenters. The Hall–Kier alpha value is -1.91. The number of carbonyl (C=O) groups is 2. The minimum atomic E-state index is -0.433. The van der Waals surface area contributed by atoms with Gasteiger partial charge in [0.25, 0.3) is 0 Å². The molecule has 4 aliphatic carbocycles. The van der Waals surface area contributed by atoms with E-state index in [-0.39, 0.29) is 17.0 Å². The van der Waals surface area contributed by atoms with Crippen molar-refractivity contribution in [1.82, 2.24) is 10.6 Å². The Kier molecular flexibility index (Phi) is 6.76. The van der Waals surface area contributed by atoms with Gasteiger partial charge >= 0.3 is 6.03 Å². The molecule has 204 valence electrons. The second-order valence-corrected chi connectivity index (χ2v) is 14.6. The van der Waals surface area contributed by atoms with Gasteiger partial charge in [-0.3, -0.25) is 9.79 Å². The van der Waals surface area contributed by atoms with Crippen LogP contribution in [0.4, 0.5) is 4.79 Å². The summed E-state index contributed by atoms with van der Waals surface area (Å²) in [6, 6.07) is -0.119. The van der Waals surface area contributed by atoms with E-state index in [2.05, 4.69) is 43.6 Å². The molecule has 0 aromatic carbocycles. The molecule has 4 saturated carbocycles. The van der Waals surface area contributed by atoms with Gasteiger partial charge in [-0.2, -0.15) is 0 Å². The van der Waals surface area contributed by atoms with Crippen molar-refractivity contribution < 1.29 is 9.59 Å². The smallest absolute Gasteiger partial charge is 0.315 e. The molecule has 0 radical (unpaired) electrons. The summed E-state index contributed by atoms with van der Waals surface area (Å²) >= 11 is 0. The van der Waals surface area contributed by atoms with Crippen LogP contribution in [-0.4, -0.2) is 35.7 Å². The standard InChI is InChI=1S/C32H49N3O2/c1-21-8-7-17-34-32(19-21,20-33-28(37)35-29(2,3)4)27-12-11-25-24-10-9-22-18-23(36)13-15-30(22,5)26(24)14-16-31(25,27)6/h7-8,17,19,22,24-27H,9-16,18,20H2,1-6H3,(H2,33,35,37)/t22?,24-,25-,26-,27?,30-,31-,32?/m0/s1. The van der Waals surface area contributed by atoms with Gasteiger partial charge in [-0.1, -0.05) is 31.6 Å². The predicted molar refractivity (Wildman–Crippen MR) is 151 cm³/mol. The van der Waals surface area contributed by atoms with Crippen LogP contribution >= 0.6 is 0 Å². The summed E-state index contributed by atoms with van der Waals surface area (Å²) < 4.78 is 0. The number of fused-ring (bicyclic) bond motifs is 5. The van der Waals surface area contributed by atoms with Crippen LogP contribution in [0.1, 0.15) is 99.3 Å². The first kappa shape index (κ1) is 26.7. The van der Waals surface area contributed by atoms with Crippen molar-refractivity contribution in [2.24, 2.45) is 45.4 Å². The molecule has 37 heavy (non-hydrogen) atoms. The normalized spacial score (nSPS) is 43.2. The van der Waals surface area contributed by atoms with Gasteiger partial charge in [0.1, 0.15) is 5.78 Å². The lowest BCUT2D eigenvalue weighted by Crippen LogP contribution is -2.57. The zero-order valence-electron chi connectivity index (χ0n) is 24.0.